The van der Waals surface area contributed by atoms with Crippen LogP contribution in [0.15, 0.2) is 48.5 Å². The summed E-state index contributed by atoms with van der Waals surface area (Å²) in [6, 6.07) is 15.9. The third kappa shape index (κ3) is 5.23. The van der Waals surface area contributed by atoms with E-state index in [1.165, 1.54) is 0 Å². The van der Waals surface area contributed by atoms with Gasteiger partial charge in [-0.05, 0) is 55.3 Å². The fourth-order valence-corrected chi connectivity index (χ4v) is 3.32. The van der Waals surface area contributed by atoms with E-state index < -0.39 is 0 Å². The van der Waals surface area contributed by atoms with Crippen LogP contribution in [0.2, 0.25) is 5.02 Å². The van der Waals surface area contributed by atoms with Crippen molar-refractivity contribution in [2.45, 2.75) is 31.9 Å². The number of hydrogen-bond donors (Lipinski definition) is 1. The molecule has 0 saturated carbocycles. The van der Waals surface area contributed by atoms with Crippen molar-refractivity contribution in [3.05, 3.63) is 64.7 Å². The van der Waals surface area contributed by atoms with Crippen LogP contribution in [0, 0.1) is 0 Å². The van der Waals surface area contributed by atoms with Gasteiger partial charge in [0.15, 0.2) is 0 Å². The SMILES string of the molecule is CNC1CCN(C(=O)Cc2cccc(OCc3ccc(Cl)cc3)c2)CC1. The van der Waals surface area contributed by atoms with Crippen molar-refractivity contribution in [2.24, 2.45) is 0 Å². The molecule has 5 heteroatoms. The van der Waals surface area contributed by atoms with Crippen LogP contribution in [-0.2, 0) is 17.8 Å². The number of rotatable bonds is 6. The van der Waals surface area contributed by atoms with Gasteiger partial charge in [-0.3, -0.25) is 4.79 Å². The van der Waals surface area contributed by atoms with Gasteiger partial charge >= 0.3 is 0 Å². The molecule has 2 aromatic carbocycles. The van der Waals surface area contributed by atoms with E-state index >= 15 is 0 Å². The number of halogens is 1. The highest BCUT2D eigenvalue weighted by atomic mass is 35.5. The molecule has 138 valence electrons. The molecular weight excluding hydrogens is 348 g/mol. The van der Waals surface area contributed by atoms with Crippen molar-refractivity contribution in [1.82, 2.24) is 10.2 Å². The predicted molar refractivity (Wildman–Crippen MR) is 105 cm³/mol. The van der Waals surface area contributed by atoms with E-state index in [0.717, 1.165) is 42.8 Å². The third-order valence-electron chi connectivity index (χ3n) is 4.83. The average molecular weight is 373 g/mol. The molecule has 1 fully saturated rings. The van der Waals surface area contributed by atoms with Crippen LogP contribution in [0.4, 0.5) is 0 Å². The van der Waals surface area contributed by atoms with Crippen LogP contribution in [0.25, 0.3) is 0 Å². The Balaban J connectivity index is 1.53. The first-order valence-corrected chi connectivity index (χ1v) is 9.43. The highest BCUT2D eigenvalue weighted by Crippen LogP contribution is 2.18. The molecule has 1 amide bonds. The number of hydrogen-bond acceptors (Lipinski definition) is 3. The van der Waals surface area contributed by atoms with Crippen LogP contribution >= 0.6 is 11.6 Å². The lowest BCUT2D eigenvalue weighted by Gasteiger charge is -2.32. The molecule has 3 rings (SSSR count). The van der Waals surface area contributed by atoms with Crippen LogP contribution in [0.1, 0.15) is 24.0 Å². The highest BCUT2D eigenvalue weighted by molar-refractivity contribution is 6.30. The summed E-state index contributed by atoms with van der Waals surface area (Å²) in [4.78, 5) is 14.5. The summed E-state index contributed by atoms with van der Waals surface area (Å²) >= 11 is 5.90. The molecule has 0 bridgehead atoms. The summed E-state index contributed by atoms with van der Waals surface area (Å²) in [7, 11) is 1.98. The van der Waals surface area contributed by atoms with E-state index in [-0.39, 0.29) is 5.91 Å². The Morgan fingerprint density at radius 2 is 1.88 bits per heavy atom. The number of carbonyl (C=O) groups is 1. The second kappa shape index (κ2) is 9.06. The molecule has 1 saturated heterocycles. The van der Waals surface area contributed by atoms with Crippen LogP contribution in [0.3, 0.4) is 0 Å². The van der Waals surface area contributed by atoms with E-state index in [4.69, 9.17) is 16.3 Å². The van der Waals surface area contributed by atoms with Crippen molar-refractivity contribution >= 4 is 17.5 Å². The molecule has 0 unspecified atom stereocenters. The zero-order valence-electron chi connectivity index (χ0n) is 15.1. The summed E-state index contributed by atoms with van der Waals surface area (Å²) in [5, 5.41) is 4.01. The Morgan fingerprint density at radius 3 is 2.58 bits per heavy atom. The van der Waals surface area contributed by atoms with Crippen molar-refractivity contribution in [3.8, 4) is 5.75 Å². The lowest BCUT2D eigenvalue weighted by molar-refractivity contribution is -0.131. The zero-order valence-corrected chi connectivity index (χ0v) is 15.8. The smallest absolute Gasteiger partial charge is 0.226 e. The molecule has 1 aliphatic heterocycles. The van der Waals surface area contributed by atoms with Gasteiger partial charge in [-0.2, -0.15) is 0 Å². The summed E-state index contributed by atoms with van der Waals surface area (Å²) in [6.07, 6.45) is 2.46. The van der Waals surface area contributed by atoms with Gasteiger partial charge in [0, 0.05) is 24.2 Å². The van der Waals surface area contributed by atoms with Crippen LogP contribution in [-0.4, -0.2) is 37.0 Å². The van der Waals surface area contributed by atoms with Gasteiger partial charge in [0.25, 0.3) is 0 Å². The minimum atomic E-state index is 0.189. The Kier molecular flexibility index (Phi) is 6.53. The average Bonchev–Trinajstić information content (AvgIpc) is 2.68. The van der Waals surface area contributed by atoms with Gasteiger partial charge in [0.05, 0.1) is 6.42 Å². The number of benzene rings is 2. The fourth-order valence-electron chi connectivity index (χ4n) is 3.20. The van der Waals surface area contributed by atoms with Gasteiger partial charge in [0.2, 0.25) is 5.91 Å². The molecular formula is C21H25ClN2O2. The maximum Gasteiger partial charge on any atom is 0.226 e. The molecule has 0 spiro atoms. The standard InChI is InChI=1S/C21H25ClN2O2/c1-23-19-9-11-24(12-10-19)21(25)14-17-3-2-4-20(13-17)26-15-16-5-7-18(22)8-6-16/h2-8,13,19,23H,9-12,14-15H2,1H3. The summed E-state index contributed by atoms with van der Waals surface area (Å²) < 4.78 is 5.85. The maximum atomic E-state index is 12.5. The van der Waals surface area contributed by atoms with E-state index in [1.807, 2.05) is 60.5 Å². The third-order valence-corrected chi connectivity index (χ3v) is 5.08. The number of nitrogens with zero attached hydrogens (tertiary/aromatic N) is 1. The monoisotopic (exact) mass is 372 g/mol. The lowest BCUT2D eigenvalue weighted by Crippen LogP contribution is -2.44. The minimum Gasteiger partial charge on any atom is -0.489 e. The van der Waals surface area contributed by atoms with E-state index in [1.54, 1.807) is 0 Å². The number of likely N-dealkylation sites (tertiary alicyclic amines) is 1. The van der Waals surface area contributed by atoms with Crippen molar-refractivity contribution in [2.75, 3.05) is 20.1 Å². The van der Waals surface area contributed by atoms with Crippen molar-refractivity contribution < 1.29 is 9.53 Å². The van der Waals surface area contributed by atoms with Gasteiger partial charge in [-0.25, -0.2) is 0 Å². The van der Waals surface area contributed by atoms with Gasteiger partial charge in [-0.1, -0.05) is 35.9 Å². The molecule has 1 N–H and O–H groups in total. The van der Waals surface area contributed by atoms with E-state index in [0.29, 0.717) is 24.1 Å². The van der Waals surface area contributed by atoms with Gasteiger partial charge in [-0.15, -0.1) is 0 Å². The summed E-state index contributed by atoms with van der Waals surface area (Å²) in [5.41, 5.74) is 2.04. The second-order valence-electron chi connectivity index (χ2n) is 6.68. The zero-order chi connectivity index (χ0) is 18.4. The van der Waals surface area contributed by atoms with Gasteiger partial charge < -0.3 is 15.0 Å². The molecule has 4 nitrogen and oxygen atoms in total. The second-order valence-corrected chi connectivity index (χ2v) is 7.12. The van der Waals surface area contributed by atoms with E-state index in [9.17, 15) is 4.79 Å². The minimum absolute atomic E-state index is 0.189. The molecule has 1 aliphatic rings. The molecule has 2 aromatic rings. The maximum absolute atomic E-state index is 12.5. The molecule has 0 atom stereocenters. The fraction of sp³-hybridized carbons (Fsp3) is 0.381. The van der Waals surface area contributed by atoms with Crippen molar-refractivity contribution in [1.29, 1.82) is 0 Å². The Morgan fingerprint density at radius 1 is 1.15 bits per heavy atom. The molecule has 0 aromatic heterocycles. The first-order chi connectivity index (χ1) is 12.6. The van der Waals surface area contributed by atoms with Crippen LogP contribution in [0.5, 0.6) is 5.75 Å². The van der Waals surface area contributed by atoms with E-state index in [2.05, 4.69) is 5.32 Å². The molecule has 0 aliphatic carbocycles. The summed E-state index contributed by atoms with van der Waals surface area (Å²) in [6.45, 7) is 2.14. The Bertz CT molecular complexity index is 725. The van der Waals surface area contributed by atoms with Gasteiger partial charge in [0.1, 0.15) is 12.4 Å². The normalized spacial score (nSPS) is 15.1. The molecule has 26 heavy (non-hydrogen) atoms. The number of amides is 1. The first kappa shape index (κ1) is 18.7. The summed E-state index contributed by atoms with van der Waals surface area (Å²) in [5.74, 6) is 0.966. The predicted octanol–water partition coefficient (Wildman–Crippen LogP) is 3.67. The molecule has 0 radical (unpaired) electrons. The Labute approximate surface area is 160 Å². The molecule has 1 heterocycles. The topological polar surface area (TPSA) is 41.6 Å². The Hall–Kier alpha value is -2.04. The first-order valence-electron chi connectivity index (χ1n) is 9.05. The lowest BCUT2D eigenvalue weighted by atomic mass is 10.0. The quantitative estimate of drug-likeness (QED) is 0.841. The number of nitrogens with one attached hydrogen (secondary N) is 1. The largest absolute Gasteiger partial charge is 0.489 e. The highest BCUT2D eigenvalue weighted by Gasteiger charge is 2.21. The number of carbonyl (C=O) groups excluding carboxylic acids is 1. The number of ether oxygens (including phenoxy) is 1. The number of piperidine rings is 1. The van der Waals surface area contributed by atoms with Crippen molar-refractivity contribution in [3.63, 3.8) is 0 Å². The van der Waals surface area contributed by atoms with Crippen LogP contribution < -0.4 is 10.1 Å².